The predicted octanol–water partition coefficient (Wildman–Crippen LogP) is 0.456. The van der Waals surface area contributed by atoms with Gasteiger partial charge in [0, 0.05) is 57.8 Å². The highest BCUT2D eigenvalue weighted by Crippen LogP contribution is 2.40. The van der Waals surface area contributed by atoms with Crippen molar-refractivity contribution in [1.29, 1.82) is 0 Å². The van der Waals surface area contributed by atoms with Crippen molar-refractivity contribution in [1.82, 2.24) is 25.8 Å². The molecule has 5 rings (SSSR count). The Balaban J connectivity index is 1.11. The number of aromatic nitrogens is 1. The summed E-state index contributed by atoms with van der Waals surface area (Å²) in [7, 11) is 1.62. The van der Waals surface area contributed by atoms with Crippen LogP contribution in [0.3, 0.4) is 0 Å². The third-order valence-electron chi connectivity index (χ3n) is 7.82. The molecule has 2 amide bonds. The fourth-order valence-electron chi connectivity index (χ4n) is 6.19. The normalized spacial score (nSPS) is 33.4. The summed E-state index contributed by atoms with van der Waals surface area (Å²) in [6, 6.07) is 4.55. The first-order valence-electron chi connectivity index (χ1n) is 11.8. The Morgan fingerprint density at radius 1 is 1.23 bits per heavy atom. The molecule has 8 heteroatoms. The molecule has 0 radical (unpaired) electrons. The third kappa shape index (κ3) is 4.15. The first-order valence-corrected chi connectivity index (χ1v) is 11.8. The molecule has 8 nitrogen and oxygen atoms in total. The zero-order valence-corrected chi connectivity index (χ0v) is 18.3. The highest BCUT2D eigenvalue weighted by Gasteiger charge is 2.48. The number of pyridine rings is 1. The van der Waals surface area contributed by atoms with Crippen LogP contribution in [-0.2, 0) is 4.79 Å². The lowest BCUT2D eigenvalue weighted by Gasteiger charge is -2.47. The van der Waals surface area contributed by atoms with Crippen molar-refractivity contribution >= 4 is 17.5 Å². The molecule has 168 valence electrons. The van der Waals surface area contributed by atoms with Gasteiger partial charge in [-0.15, -0.1) is 0 Å². The lowest BCUT2D eigenvalue weighted by molar-refractivity contribution is -0.131. The standard InChI is InChI=1S/C23H34N6O2/c1-24-23(31)19-6-5-16(13-25-19)29-9-7-28(8-10-29)14-15-11-20-21(26-12-15)17-3-2-4-18(17)22(30)27-20/h5-6,13,15,17-18,20-21,26H,2-4,7-12,14H2,1H3,(H,24,31)(H,27,30). The van der Waals surface area contributed by atoms with Crippen LogP contribution < -0.4 is 20.9 Å². The van der Waals surface area contributed by atoms with Gasteiger partial charge < -0.3 is 20.9 Å². The highest BCUT2D eigenvalue weighted by molar-refractivity contribution is 5.92. The number of carbonyl (C=O) groups excluding carboxylic acids is 2. The van der Waals surface area contributed by atoms with Gasteiger partial charge >= 0.3 is 0 Å². The summed E-state index contributed by atoms with van der Waals surface area (Å²) in [4.78, 5) is 33.4. The van der Waals surface area contributed by atoms with Crippen molar-refractivity contribution in [3.8, 4) is 0 Å². The number of piperazine rings is 1. The van der Waals surface area contributed by atoms with Gasteiger partial charge in [0.1, 0.15) is 5.69 Å². The largest absolute Gasteiger partial charge is 0.368 e. The monoisotopic (exact) mass is 426 g/mol. The maximum Gasteiger partial charge on any atom is 0.269 e. The average molecular weight is 427 g/mol. The quantitative estimate of drug-likeness (QED) is 0.648. The molecule has 5 atom stereocenters. The van der Waals surface area contributed by atoms with Crippen molar-refractivity contribution < 1.29 is 9.59 Å². The van der Waals surface area contributed by atoms with E-state index in [1.807, 2.05) is 6.07 Å². The number of nitrogens with one attached hydrogen (secondary N) is 3. The van der Waals surface area contributed by atoms with E-state index in [4.69, 9.17) is 0 Å². The van der Waals surface area contributed by atoms with Gasteiger partial charge in [0.15, 0.2) is 0 Å². The van der Waals surface area contributed by atoms with Gasteiger partial charge in [0.2, 0.25) is 5.91 Å². The number of fused-ring (bicyclic) bond motifs is 3. The molecule has 4 aliphatic rings. The molecule has 3 saturated heterocycles. The first kappa shape index (κ1) is 20.7. The average Bonchev–Trinajstić information content (AvgIpc) is 3.30. The first-order chi connectivity index (χ1) is 15.1. The number of piperidine rings is 2. The van der Waals surface area contributed by atoms with Gasteiger partial charge in [0.05, 0.1) is 11.9 Å². The van der Waals surface area contributed by atoms with Crippen molar-refractivity contribution in [3.05, 3.63) is 24.0 Å². The minimum atomic E-state index is -0.155. The minimum absolute atomic E-state index is 0.155. The highest BCUT2D eigenvalue weighted by atomic mass is 16.2. The SMILES string of the molecule is CNC(=O)c1ccc(N2CCN(CC3CNC4C(C3)NC(=O)C3CCCC34)CC2)cn1. The molecule has 3 aliphatic heterocycles. The lowest BCUT2D eigenvalue weighted by Crippen LogP contribution is -2.65. The van der Waals surface area contributed by atoms with E-state index in [0.717, 1.165) is 57.8 Å². The number of carbonyl (C=O) groups is 2. The summed E-state index contributed by atoms with van der Waals surface area (Å²) in [5.74, 6) is 1.53. The van der Waals surface area contributed by atoms with Gasteiger partial charge in [-0.05, 0) is 49.8 Å². The molecule has 5 unspecified atom stereocenters. The van der Waals surface area contributed by atoms with Crippen LogP contribution >= 0.6 is 0 Å². The molecule has 1 saturated carbocycles. The fraction of sp³-hybridized carbons (Fsp3) is 0.696. The zero-order valence-electron chi connectivity index (χ0n) is 18.3. The smallest absolute Gasteiger partial charge is 0.269 e. The Bertz CT molecular complexity index is 807. The van der Waals surface area contributed by atoms with Crippen LogP contribution in [0.15, 0.2) is 18.3 Å². The van der Waals surface area contributed by atoms with E-state index in [2.05, 4.69) is 30.7 Å². The number of anilines is 1. The van der Waals surface area contributed by atoms with E-state index >= 15 is 0 Å². The molecule has 1 aliphatic carbocycles. The van der Waals surface area contributed by atoms with Crippen LogP contribution in [-0.4, -0.2) is 80.1 Å². The predicted molar refractivity (Wildman–Crippen MR) is 119 cm³/mol. The zero-order chi connectivity index (χ0) is 21.4. The molecule has 3 N–H and O–H groups in total. The van der Waals surface area contributed by atoms with Crippen LogP contribution in [0.5, 0.6) is 0 Å². The summed E-state index contributed by atoms with van der Waals surface area (Å²) < 4.78 is 0. The van der Waals surface area contributed by atoms with Crippen LogP contribution in [0.1, 0.15) is 36.2 Å². The van der Waals surface area contributed by atoms with E-state index < -0.39 is 0 Å². The van der Waals surface area contributed by atoms with Crippen molar-refractivity contribution in [2.24, 2.45) is 17.8 Å². The van der Waals surface area contributed by atoms with Crippen LogP contribution in [0.2, 0.25) is 0 Å². The number of amides is 2. The number of nitrogens with zero attached hydrogens (tertiary/aromatic N) is 3. The second-order valence-corrected chi connectivity index (χ2v) is 9.62. The van der Waals surface area contributed by atoms with Crippen molar-refractivity contribution in [3.63, 3.8) is 0 Å². The molecule has 1 aromatic rings. The molecular weight excluding hydrogens is 392 g/mol. The molecule has 31 heavy (non-hydrogen) atoms. The summed E-state index contributed by atoms with van der Waals surface area (Å²) in [5, 5.41) is 9.76. The van der Waals surface area contributed by atoms with Gasteiger partial charge in [-0.2, -0.15) is 0 Å². The molecule has 4 heterocycles. The molecule has 0 aromatic carbocycles. The number of rotatable bonds is 4. The summed E-state index contributed by atoms with van der Waals surface area (Å²) in [6.07, 6.45) is 6.37. The van der Waals surface area contributed by atoms with Gasteiger partial charge in [-0.3, -0.25) is 14.5 Å². The third-order valence-corrected chi connectivity index (χ3v) is 7.82. The van der Waals surface area contributed by atoms with Crippen molar-refractivity contribution in [2.45, 2.75) is 37.8 Å². The van der Waals surface area contributed by atoms with E-state index in [-0.39, 0.29) is 11.8 Å². The van der Waals surface area contributed by atoms with Crippen molar-refractivity contribution in [2.75, 3.05) is 51.2 Å². The lowest BCUT2D eigenvalue weighted by atomic mass is 9.75. The molecule has 4 fully saturated rings. The molecule has 1 aromatic heterocycles. The summed E-state index contributed by atoms with van der Waals surface area (Å²) >= 11 is 0. The summed E-state index contributed by atoms with van der Waals surface area (Å²) in [5.41, 5.74) is 1.53. The number of hydrogen-bond acceptors (Lipinski definition) is 6. The Hall–Kier alpha value is -2.19. The Labute approximate surface area is 184 Å². The fourth-order valence-corrected chi connectivity index (χ4v) is 6.19. The molecule has 0 spiro atoms. The second kappa shape index (κ2) is 8.74. The second-order valence-electron chi connectivity index (χ2n) is 9.62. The van der Waals surface area contributed by atoms with Gasteiger partial charge in [0.25, 0.3) is 5.91 Å². The van der Waals surface area contributed by atoms with E-state index in [1.165, 1.54) is 12.8 Å². The Morgan fingerprint density at radius 3 is 2.81 bits per heavy atom. The van der Waals surface area contributed by atoms with Gasteiger partial charge in [-0.25, -0.2) is 4.98 Å². The maximum absolute atomic E-state index is 12.5. The Kier molecular flexibility index (Phi) is 5.84. The minimum Gasteiger partial charge on any atom is -0.368 e. The van der Waals surface area contributed by atoms with E-state index in [9.17, 15) is 9.59 Å². The van der Waals surface area contributed by atoms with Gasteiger partial charge in [-0.1, -0.05) is 6.42 Å². The van der Waals surface area contributed by atoms with Crippen LogP contribution in [0, 0.1) is 17.8 Å². The molecular formula is C23H34N6O2. The maximum atomic E-state index is 12.5. The summed E-state index contributed by atoms with van der Waals surface area (Å²) in [6.45, 7) is 6.13. The van der Waals surface area contributed by atoms with Crippen LogP contribution in [0.4, 0.5) is 5.69 Å². The number of hydrogen-bond donors (Lipinski definition) is 3. The van der Waals surface area contributed by atoms with Crippen LogP contribution in [0.25, 0.3) is 0 Å². The van der Waals surface area contributed by atoms with E-state index in [1.54, 1.807) is 19.3 Å². The van der Waals surface area contributed by atoms with E-state index in [0.29, 0.717) is 35.5 Å². The Morgan fingerprint density at radius 2 is 2.06 bits per heavy atom. The molecule has 0 bridgehead atoms. The topological polar surface area (TPSA) is 89.6 Å².